The van der Waals surface area contributed by atoms with Gasteiger partial charge in [0.1, 0.15) is 29.9 Å². The minimum Gasteiger partial charge on any atom is -0.490 e. The zero-order valence-corrected chi connectivity index (χ0v) is 21.1. The Morgan fingerprint density at radius 1 is 1.30 bits per heavy atom. The van der Waals surface area contributed by atoms with Gasteiger partial charge in [-0.25, -0.2) is 9.29 Å². The molecule has 1 aromatic carbocycles. The number of nitrogens with two attached hydrogens (primary N) is 2. The highest BCUT2D eigenvalue weighted by molar-refractivity contribution is 7.84. The number of nitrogen functional groups attached to an aromatic ring is 1. The molecule has 200 valence electrons. The van der Waals surface area contributed by atoms with Gasteiger partial charge in [-0.1, -0.05) is 5.16 Å². The summed E-state index contributed by atoms with van der Waals surface area (Å²) in [7, 11) is -4.74. The number of ether oxygens (including phenoxy) is 1. The van der Waals surface area contributed by atoms with E-state index in [1.165, 1.54) is 12.3 Å². The van der Waals surface area contributed by atoms with E-state index in [9.17, 15) is 18.0 Å². The van der Waals surface area contributed by atoms with E-state index in [1.54, 1.807) is 24.3 Å². The number of nitrogens with one attached hydrogen (secondary N) is 1. The number of carbonyl (C=O) groups excluding carboxylic acids is 2. The Morgan fingerprint density at radius 3 is 2.57 bits per heavy atom. The molecule has 1 fully saturated rings. The van der Waals surface area contributed by atoms with Crippen LogP contribution in [-0.2, 0) is 24.7 Å². The van der Waals surface area contributed by atoms with Crippen LogP contribution < -0.4 is 21.5 Å². The number of carbonyl (C=O) groups is 2. The summed E-state index contributed by atoms with van der Waals surface area (Å²) >= 11 is 1.05. The van der Waals surface area contributed by atoms with Crippen LogP contribution in [-0.4, -0.2) is 89.2 Å². The van der Waals surface area contributed by atoms with Crippen LogP contribution in [0.15, 0.2) is 39.8 Å². The monoisotopic (exact) mass is 555 g/mol. The maximum Gasteiger partial charge on any atom is 0.362 e. The topological polar surface area (TPSA) is 232 Å². The smallest absolute Gasteiger partial charge is 0.362 e. The number of oxime groups is 1. The molecule has 2 amide bonds. The normalized spacial score (nSPS) is 18.4. The van der Waals surface area contributed by atoms with Gasteiger partial charge < -0.3 is 31.5 Å². The summed E-state index contributed by atoms with van der Waals surface area (Å²) in [6.45, 7) is 1.44. The third-order valence-corrected chi connectivity index (χ3v) is 6.67. The number of aliphatic hydroxyl groups excluding tert-OH is 1. The summed E-state index contributed by atoms with van der Waals surface area (Å²) in [5.41, 5.74) is 11.9. The summed E-state index contributed by atoms with van der Waals surface area (Å²) < 4.78 is 37.4. The van der Waals surface area contributed by atoms with Crippen molar-refractivity contribution in [1.82, 2.24) is 14.6 Å². The lowest BCUT2D eigenvalue weighted by atomic mass is 10.0. The van der Waals surface area contributed by atoms with Gasteiger partial charge in [0.05, 0.1) is 19.2 Å². The van der Waals surface area contributed by atoms with E-state index >= 15 is 0 Å². The number of β-lactam (4-membered cyclic amide) rings is 1. The number of hydrogen-bond donors (Lipinski definition) is 5. The van der Waals surface area contributed by atoms with Crippen molar-refractivity contribution in [2.75, 3.05) is 32.1 Å². The highest BCUT2D eigenvalue weighted by atomic mass is 32.2. The van der Waals surface area contributed by atoms with Crippen molar-refractivity contribution in [2.45, 2.75) is 19.0 Å². The Balaban J connectivity index is 1.58. The molecule has 15 nitrogen and oxygen atoms in total. The molecule has 0 aliphatic carbocycles. The van der Waals surface area contributed by atoms with Crippen LogP contribution in [0.5, 0.6) is 5.75 Å². The highest BCUT2D eigenvalue weighted by Gasteiger charge is 2.51. The summed E-state index contributed by atoms with van der Waals surface area (Å²) in [6, 6.07) is 4.53. The predicted octanol–water partition coefficient (Wildman–Crippen LogP) is -1.26. The summed E-state index contributed by atoms with van der Waals surface area (Å²) in [5.74, 6) is -1.06. The van der Waals surface area contributed by atoms with Gasteiger partial charge in [-0.15, -0.1) is 11.3 Å². The largest absolute Gasteiger partial charge is 0.490 e. The van der Waals surface area contributed by atoms with Crippen LogP contribution in [0.1, 0.15) is 18.2 Å². The number of aliphatic imine (C=N–C) groups is 1. The molecule has 1 aliphatic rings. The third-order valence-electron chi connectivity index (χ3n) is 4.98. The Morgan fingerprint density at radius 2 is 2.00 bits per heavy atom. The first kappa shape index (κ1) is 27.8. The number of amidine groups is 1. The first-order valence-corrected chi connectivity index (χ1v) is 13.0. The lowest BCUT2D eigenvalue weighted by molar-refractivity contribution is -0.143. The van der Waals surface area contributed by atoms with Crippen molar-refractivity contribution in [1.29, 1.82) is 0 Å². The number of aromatic nitrogens is 1. The van der Waals surface area contributed by atoms with Gasteiger partial charge >= 0.3 is 10.3 Å². The highest BCUT2D eigenvalue weighted by Crippen LogP contribution is 2.23. The number of anilines is 1. The van der Waals surface area contributed by atoms with Crippen LogP contribution in [0.3, 0.4) is 0 Å². The second kappa shape index (κ2) is 12.0. The van der Waals surface area contributed by atoms with Gasteiger partial charge in [-0.2, -0.15) is 8.42 Å². The van der Waals surface area contributed by atoms with Crippen LogP contribution in [0.25, 0.3) is 0 Å². The molecule has 17 heteroatoms. The number of aliphatic hydroxyl groups is 1. The van der Waals surface area contributed by atoms with Crippen molar-refractivity contribution >= 4 is 50.1 Å². The van der Waals surface area contributed by atoms with Gasteiger partial charge in [0.15, 0.2) is 17.5 Å². The molecule has 2 atom stereocenters. The van der Waals surface area contributed by atoms with Gasteiger partial charge in [0, 0.05) is 10.9 Å². The molecular weight excluding hydrogens is 530 g/mol. The number of amides is 2. The molecule has 2 unspecified atom stereocenters. The summed E-state index contributed by atoms with van der Waals surface area (Å²) in [5, 5.41) is 16.6. The molecule has 2 aromatic rings. The van der Waals surface area contributed by atoms with Crippen LogP contribution in [0, 0.1) is 0 Å². The molecule has 7 N–H and O–H groups in total. The number of thiazole rings is 1. The van der Waals surface area contributed by atoms with E-state index in [4.69, 9.17) is 30.7 Å². The molecule has 0 radical (unpaired) electrons. The molecule has 37 heavy (non-hydrogen) atoms. The number of hydrogen-bond acceptors (Lipinski definition) is 12. The Bertz CT molecular complexity index is 1290. The molecule has 0 spiro atoms. The first-order valence-electron chi connectivity index (χ1n) is 10.7. The summed E-state index contributed by atoms with van der Waals surface area (Å²) in [4.78, 5) is 38.1. The zero-order chi connectivity index (χ0) is 27.2. The van der Waals surface area contributed by atoms with Crippen molar-refractivity contribution in [3.05, 3.63) is 40.9 Å². The van der Waals surface area contributed by atoms with Gasteiger partial charge in [0.2, 0.25) is 0 Å². The quantitative estimate of drug-likeness (QED) is 0.0518. The minimum absolute atomic E-state index is 0.0620. The second-order valence-electron chi connectivity index (χ2n) is 7.51. The molecule has 1 saturated heterocycles. The average Bonchev–Trinajstić information content (AvgIpc) is 3.28. The van der Waals surface area contributed by atoms with Crippen molar-refractivity contribution in [3.63, 3.8) is 0 Å². The van der Waals surface area contributed by atoms with E-state index < -0.39 is 34.2 Å². The molecular formula is C20H25N7O8S2. The fraction of sp³-hybridized carbons (Fsp3) is 0.350. The molecule has 0 bridgehead atoms. The maximum absolute atomic E-state index is 12.8. The third kappa shape index (κ3) is 6.91. The Labute approximate surface area is 215 Å². The average molecular weight is 556 g/mol. The Kier molecular flexibility index (Phi) is 8.98. The van der Waals surface area contributed by atoms with E-state index in [0.29, 0.717) is 11.3 Å². The van der Waals surface area contributed by atoms with Crippen molar-refractivity contribution in [3.8, 4) is 5.75 Å². The van der Waals surface area contributed by atoms with E-state index in [0.717, 1.165) is 11.3 Å². The van der Waals surface area contributed by atoms with Gasteiger partial charge in [0.25, 0.3) is 11.8 Å². The van der Waals surface area contributed by atoms with Crippen LogP contribution in [0.2, 0.25) is 0 Å². The van der Waals surface area contributed by atoms with E-state index in [-0.39, 0.29) is 53.0 Å². The second-order valence-corrected chi connectivity index (χ2v) is 9.69. The van der Waals surface area contributed by atoms with Gasteiger partial charge in [-0.05, 0) is 31.2 Å². The SMILES string of the molecule is CC1C(NC(=O)C(=NOCCOc2ccc(C(N)=NCCO)cc2)c2csc(N)n2)C(=O)N1S(=O)(=O)O. The fourth-order valence-corrected chi connectivity index (χ4v) is 4.64. The Hall–Kier alpha value is -3.80. The van der Waals surface area contributed by atoms with E-state index in [1.807, 2.05) is 0 Å². The zero-order valence-electron chi connectivity index (χ0n) is 19.5. The molecule has 0 saturated carbocycles. The van der Waals surface area contributed by atoms with Crippen molar-refractivity contribution < 1.29 is 37.2 Å². The fourth-order valence-electron chi connectivity index (χ4n) is 3.20. The number of benzene rings is 1. The molecule has 3 rings (SSSR count). The molecule has 2 heterocycles. The van der Waals surface area contributed by atoms with Crippen LogP contribution in [0.4, 0.5) is 5.13 Å². The summed E-state index contributed by atoms with van der Waals surface area (Å²) in [6.07, 6.45) is 0. The lowest BCUT2D eigenvalue weighted by Crippen LogP contribution is -2.71. The number of rotatable bonds is 12. The molecule has 1 aliphatic heterocycles. The van der Waals surface area contributed by atoms with Crippen molar-refractivity contribution in [2.24, 2.45) is 15.9 Å². The standard InChI is InChI=1S/C20H25N7O8S2/c1-11-15(19(30)27(11)37(31,32)33)25-18(29)16(14-10-36-20(22)24-14)26-35-9-8-34-13-4-2-12(3-5-13)17(21)23-6-7-28/h2-5,10-11,15,28H,6-9H2,1H3,(H2,21,23)(H2,22,24)(H,25,29)(H,31,32,33). The van der Waals surface area contributed by atoms with Gasteiger partial charge in [-0.3, -0.25) is 19.1 Å². The lowest BCUT2D eigenvalue weighted by Gasteiger charge is -2.42. The van der Waals surface area contributed by atoms with E-state index in [2.05, 4.69) is 20.4 Å². The predicted molar refractivity (Wildman–Crippen MR) is 133 cm³/mol. The first-order chi connectivity index (χ1) is 17.5. The van der Waals surface area contributed by atoms with Crippen LogP contribution >= 0.6 is 11.3 Å². The molecule has 1 aromatic heterocycles. The number of nitrogens with zero attached hydrogens (tertiary/aromatic N) is 4. The minimum atomic E-state index is -4.74. The maximum atomic E-state index is 12.8.